The molecule has 0 aromatic carbocycles. The number of likely N-dealkylation sites (tertiary alicyclic amines) is 1. The number of carbonyl (C=O) groups is 1. The maximum Gasteiger partial charge on any atom is 0.418 e. The Morgan fingerprint density at radius 3 is 2.61 bits per heavy atom. The number of halogens is 3. The normalized spacial score (nSPS) is 19.6. The fraction of sp³-hybridized carbons (Fsp3) is 0.632. The number of carbonyl (C=O) groups excluding carboxylic acids is 1. The maximum atomic E-state index is 12.9. The minimum Gasteiger partial charge on any atom is -0.444 e. The minimum absolute atomic E-state index is 0.00618. The number of fused-ring (bicyclic) bond motifs is 1. The van der Waals surface area contributed by atoms with Gasteiger partial charge >= 0.3 is 12.3 Å². The number of amides is 1. The number of hydrogen-bond donors (Lipinski definition) is 1. The van der Waals surface area contributed by atoms with Gasteiger partial charge in [-0.25, -0.2) is 14.8 Å². The molecular formula is C19H23F3N4O2. The lowest BCUT2D eigenvalue weighted by atomic mass is 9.57. The molecule has 0 radical (unpaired) electrons. The van der Waals surface area contributed by atoms with Gasteiger partial charge in [-0.05, 0) is 39.5 Å². The Morgan fingerprint density at radius 2 is 2.00 bits per heavy atom. The Balaban J connectivity index is 1.32. The van der Waals surface area contributed by atoms with E-state index in [9.17, 15) is 18.0 Å². The van der Waals surface area contributed by atoms with Gasteiger partial charge in [0, 0.05) is 42.7 Å². The van der Waals surface area contributed by atoms with Crippen molar-refractivity contribution in [1.82, 2.24) is 19.9 Å². The lowest BCUT2D eigenvalue weighted by Crippen LogP contribution is -2.64. The van der Waals surface area contributed by atoms with Crippen molar-refractivity contribution in [3.8, 4) is 0 Å². The summed E-state index contributed by atoms with van der Waals surface area (Å²) in [6, 6.07) is 0. The van der Waals surface area contributed by atoms with Crippen molar-refractivity contribution in [3.63, 3.8) is 0 Å². The highest BCUT2D eigenvalue weighted by atomic mass is 19.4. The molecule has 2 fully saturated rings. The van der Waals surface area contributed by atoms with Crippen molar-refractivity contribution < 1.29 is 22.7 Å². The molecule has 4 rings (SSSR count). The van der Waals surface area contributed by atoms with Gasteiger partial charge in [0.2, 0.25) is 0 Å². The molecule has 0 bridgehead atoms. The summed E-state index contributed by atoms with van der Waals surface area (Å²) in [6.45, 7) is 6.93. The molecule has 1 spiro atoms. The number of aromatic nitrogens is 3. The van der Waals surface area contributed by atoms with Crippen molar-refractivity contribution >= 4 is 17.1 Å². The summed E-state index contributed by atoms with van der Waals surface area (Å²) in [5, 5.41) is -0.00618. The van der Waals surface area contributed by atoms with Crippen LogP contribution in [0.2, 0.25) is 0 Å². The average molecular weight is 396 g/mol. The van der Waals surface area contributed by atoms with E-state index in [0.717, 1.165) is 19.0 Å². The molecule has 6 nitrogen and oxygen atoms in total. The second-order valence-corrected chi connectivity index (χ2v) is 9.06. The van der Waals surface area contributed by atoms with Gasteiger partial charge in [-0.15, -0.1) is 0 Å². The molecule has 9 heteroatoms. The Bertz CT molecular complexity index is 902. The first kappa shape index (κ1) is 19.0. The number of nitrogens with zero attached hydrogens (tertiary/aromatic N) is 3. The van der Waals surface area contributed by atoms with Crippen LogP contribution in [0.1, 0.15) is 45.0 Å². The molecule has 1 saturated heterocycles. The topological polar surface area (TPSA) is 71.1 Å². The van der Waals surface area contributed by atoms with E-state index in [1.807, 2.05) is 20.8 Å². The van der Waals surface area contributed by atoms with E-state index in [4.69, 9.17) is 4.74 Å². The predicted octanol–water partition coefficient (Wildman–Crippen LogP) is 4.17. The molecule has 3 heterocycles. The van der Waals surface area contributed by atoms with Crippen LogP contribution < -0.4 is 0 Å². The van der Waals surface area contributed by atoms with Gasteiger partial charge in [0.1, 0.15) is 17.1 Å². The van der Waals surface area contributed by atoms with Crippen LogP contribution in [0.15, 0.2) is 12.4 Å². The van der Waals surface area contributed by atoms with Crippen LogP contribution in [0.25, 0.3) is 11.0 Å². The van der Waals surface area contributed by atoms with Crippen molar-refractivity contribution in [2.24, 2.45) is 11.3 Å². The third kappa shape index (κ3) is 3.54. The zero-order valence-electron chi connectivity index (χ0n) is 16.1. The van der Waals surface area contributed by atoms with Crippen LogP contribution in [-0.2, 0) is 17.3 Å². The molecule has 1 aliphatic carbocycles. The summed E-state index contributed by atoms with van der Waals surface area (Å²) in [5.41, 5.74) is -0.872. The van der Waals surface area contributed by atoms with Gasteiger partial charge in [0.25, 0.3) is 0 Å². The van der Waals surface area contributed by atoms with Crippen LogP contribution in [-0.4, -0.2) is 44.6 Å². The van der Waals surface area contributed by atoms with Gasteiger partial charge in [0.05, 0.1) is 5.56 Å². The van der Waals surface area contributed by atoms with E-state index in [1.165, 1.54) is 6.20 Å². The minimum atomic E-state index is -4.42. The van der Waals surface area contributed by atoms with Gasteiger partial charge in [-0.3, -0.25) is 0 Å². The Labute approximate surface area is 160 Å². The first-order valence-corrected chi connectivity index (χ1v) is 9.32. The van der Waals surface area contributed by atoms with Crippen LogP contribution >= 0.6 is 0 Å². The molecule has 2 aromatic heterocycles. The van der Waals surface area contributed by atoms with E-state index in [2.05, 4.69) is 15.0 Å². The molecule has 1 amide bonds. The second-order valence-electron chi connectivity index (χ2n) is 9.06. The zero-order chi connectivity index (χ0) is 20.3. The number of hydrogen-bond acceptors (Lipinski definition) is 4. The lowest BCUT2D eigenvalue weighted by molar-refractivity contribution is -0.136. The Hall–Kier alpha value is -2.32. The first-order chi connectivity index (χ1) is 12.9. The number of H-pyrrole nitrogens is 1. The maximum absolute atomic E-state index is 12.9. The van der Waals surface area contributed by atoms with E-state index in [-0.39, 0.29) is 22.5 Å². The van der Waals surface area contributed by atoms with Crippen LogP contribution in [0.4, 0.5) is 18.0 Å². The van der Waals surface area contributed by atoms with E-state index < -0.39 is 17.3 Å². The number of rotatable bonds is 2. The highest BCUT2D eigenvalue weighted by Crippen LogP contribution is 2.53. The third-order valence-electron chi connectivity index (χ3n) is 5.41. The summed E-state index contributed by atoms with van der Waals surface area (Å²) in [7, 11) is 0. The summed E-state index contributed by atoms with van der Waals surface area (Å²) >= 11 is 0. The van der Waals surface area contributed by atoms with Crippen molar-refractivity contribution in [2.45, 2.75) is 51.8 Å². The molecule has 0 unspecified atom stereocenters. The monoisotopic (exact) mass is 396 g/mol. The summed E-state index contributed by atoms with van der Waals surface area (Å²) in [5.74, 6) is 0.932. The largest absolute Gasteiger partial charge is 0.444 e. The van der Waals surface area contributed by atoms with E-state index >= 15 is 0 Å². The molecule has 0 atom stereocenters. The van der Waals surface area contributed by atoms with Gasteiger partial charge in [-0.1, -0.05) is 0 Å². The van der Waals surface area contributed by atoms with Gasteiger partial charge < -0.3 is 14.6 Å². The van der Waals surface area contributed by atoms with Gasteiger partial charge in [0.15, 0.2) is 0 Å². The molecule has 1 N–H and O–H groups in total. The molecule has 1 saturated carbocycles. The van der Waals surface area contributed by atoms with E-state index in [0.29, 0.717) is 31.3 Å². The number of nitrogens with one attached hydrogen (secondary N) is 1. The Kier molecular flexibility index (Phi) is 4.13. The molecule has 1 aliphatic heterocycles. The number of aromatic amines is 1. The van der Waals surface area contributed by atoms with Crippen molar-refractivity contribution in [1.29, 1.82) is 0 Å². The van der Waals surface area contributed by atoms with Crippen molar-refractivity contribution in [2.75, 3.05) is 13.1 Å². The predicted molar refractivity (Wildman–Crippen MR) is 95.6 cm³/mol. The zero-order valence-corrected chi connectivity index (χ0v) is 16.1. The Morgan fingerprint density at radius 1 is 1.32 bits per heavy atom. The smallest absolute Gasteiger partial charge is 0.418 e. The highest BCUT2D eigenvalue weighted by molar-refractivity contribution is 5.79. The van der Waals surface area contributed by atoms with Crippen LogP contribution in [0, 0.1) is 11.3 Å². The fourth-order valence-corrected chi connectivity index (χ4v) is 4.32. The lowest BCUT2D eigenvalue weighted by Gasteiger charge is -2.58. The second kappa shape index (κ2) is 6.09. The standard InChI is InChI=1S/C19H23F3N4O2/c1-17(2,3)28-16(27)26-9-18(10-26)5-11(6-18)4-14-23-7-12-13(19(20,21)22)8-24-15(12)25-14/h7-8,11H,4-6,9-10H2,1-3H3,(H,23,24,25). The van der Waals surface area contributed by atoms with E-state index in [1.54, 1.807) is 4.90 Å². The molecular weight excluding hydrogens is 373 g/mol. The number of alkyl halides is 3. The first-order valence-electron chi connectivity index (χ1n) is 9.32. The van der Waals surface area contributed by atoms with Crippen LogP contribution in [0.3, 0.4) is 0 Å². The molecule has 28 heavy (non-hydrogen) atoms. The fourth-order valence-electron chi connectivity index (χ4n) is 4.32. The summed E-state index contributed by atoms with van der Waals surface area (Å²) in [6.07, 6.45) is 0.0408. The van der Waals surface area contributed by atoms with Crippen molar-refractivity contribution in [3.05, 3.63) is 23.8 Å². The molecule has 2 aliphatic rings. The third-order valence-corrected chi connectivity index (χ3v) is 5.41. The molecule has 152 valence electrons. The quantitative estimate of drug-likeness (QED) is 0.827. The van der Waals surface area contributed by atoms with Crippen LogP contribution in [0.5, 0.6) is 0 Å². The SMILES string of the molecule is CC(C)(C)OC(=O)N1CC2(CC(Cc3ncc4c(C(F)(F)F)c[nH]c4n3)C2)C1. The summed E-state index contributed by atoms with van der Waals surface area (Å²) < 4.78 is 44.1. The highest BCUT2D eigenvalue weighted by Gasteiger charge is 2.54. The van der Waals surface area contributed by atoms with Gasteiger partial charge in [-0.2, -0.15) is 13.2 Å². The summed E-state index contributed by atoms with van der Waals surface area (Å²) in [4.78, 5) is 24.7. The average Bonchev–Trinajstić information content (AvgIpc) is 2.89. The number of ether oxygens (including phenoxy) is 1. The molecule has 2 aromatic rings.